The van der Waals surface area contributed by atoms with Crippen molar-refractivity contribution in [1.82, 2.24) is 9.55 Å². The predicted octanol–water partition coefficient (Wildman–Crippen LogP) is 13.6. The molecule has 2 heterocycles. The van der Waals surface area contributed by atoms with Crippen molar-refractivity contribution in [3.63, 3.8) is 0 Å². The molecule has 0 saturated heterocycles. The first-order chi connectivity index (χ1) is 26.8. The number of aryl methyl sites for hydroxylation is 2. The van der Waals surface area contributed by atoms with Crippen molar-refractivity contribution in [1.29, 1.82) is 0 Å². The number of aromatic nitrogens is 2. The Labute approximate surface area is 328 Å². The zero-order chi connectivity index (χ0) is 39.6. The molecule has 0 amide bonds. The quantitative estimate of drug-likeness (QED) is 0.118. The second-order valence-corrected chi connectivity index (χ2v) is 13.4. The first kappa shape index (κ1) is 39.9. The lowest BCUT2D eigenvalue weighted by molar-refractivity contribution is 0.997. The number of rotatable bonds is 7. The molecule has 55 heavy (non-hydrogen) atoms. The lowest BCUT2D eigenvalue weighted by Gasteiger charge is -2.13. The number of benzene rings is 5. The summed E-state index contributed by atoms with van der Waals surface area (Å²) < 4.78 is 2.28. The maximum absolute atomic E-state index is 4.96. The predicted molar refractivity (Wildman–Crippen MR) is 245 cm³/mol. The molecule has 0 aliphatic heterocycles. The van der Waals surface area contributed by atoms with Crippen molar-refractivity contribution in [3.8, 4) is 16.9 Å². The highest BCUT2D eigenvalue weighted by Crippen LogP contribution is 2.37. The van der Waals surface area contributed by atoms with Crippen LogP contribution in [0.3, 0.4) is 0 Å². The SMILES string of the molecule is C=C/C(C)=C(\C=C)c1ccccc1C.C=C/C=C\c1c(C)c(=C/C)/c(=C\C)n1-c1ccc(-c2ccc3c4ccc(C)cc4c4ccccc4c3c2)nc1.CC. The number of allylic oxidation sites excluding steroid dienone is 6. The summed E-state index contributed by atoms with van der Waals surface area (Å²) in [6.45, 7) is 28.2. The minimum absolute atomic E-state index is 0.963. The summed E-state index contributed by atoms with van der Waals surface area (Å²) in [5.41, 5.74) is 11.6. The maximum atomic E-state index is 4.96. The van der Waals surface area contributed by atoms with E-state index >= 15 is 0 Å². The standard InChI is InChI=1S/C37H32N2.C14H16.C2H6/c1-6-9-14-37-25(5)28(7-2)36(8-3)39(37)27-17-20-35(38-23-27)26-16-19-32-31-18-15-24(4)21-33(31)29-12-10-11-13-30(29)34(32)22-26;1-5-11(3)13(6-2)14-10-8-7-9-12(14)4;1-2/h6-23H,1H2,2-5H3;5-10H,1-2H2,3-4H3;1-2H3/b14-9-,28-7-,36-8+;13-11+;. The summed E-state index contributed by atoms with van der Waals surface area (Å²) >= 11 is 0. The van der Waals surface area contributed by atoms with Gasteiger partial charge in [-0.05, 0) is 131 Å². The van der Waals surface area contributed by atoms with Gasteiger partial charge in [-0.25, -0.2) is 0 Å². The molecule has 7 aromatic rings. The van der Waals surface area contributed by atoms with Crippen LogP contribution in [0.5, 0.6) is 0 Å². The molecule has 0 unspecified atom stereocenters. The van der Waals surface area contributed by atoms with E-state index in [-0.39, 0.29) is 0 Å². The van der Waals surface area contributed by atoms with Gasteiger partial charge in [0.1, 0.15) is 0 Å². The summed E-state index contributed by atoms with van der Waals surface area (Å²) in [7, 11) is 0. The van der Waals surface area contributed by atoms with Crippen LogP contribution in [-0.2, 0) is 0 Å². The Kier molecular flexibility index (Phi) is 13.2. The normalized spacial score (nSPS) is 12.3. The second kappa shape index (κ2) is 18.2. The zero-order valence-corrected chi connectivity index (χ0v) is 33.9. The van der Waals surface area contributed by atoms with Crippen LogP contribution in [0, 0.1) is 20.8 Å². The molecule has 276 valence electrons. The average molecular weight is 719 g/mol. The van der Waals surface area contributed by atoms with Gasteiger partial charge >= 0.3 is 0 Å². The first-order valence-corrected chi connectivity index (χ1v) is 19.2. The molecule has 0 aliphatic carbocycles. The fraction of sp³-hybridized carbons (Fsp3) is 0.151. The van der Waals surface area contributed by atoms with Crippen LogP contribution < -0.4 is 10.6 Å². The Hall–Kier alpha value is -6.25. The molecule has 0 bridgehead atoms. The molecular weight excluding hydrogens is 665 g/mol. The summed E-state index contributed by atoms with van der Waals surface area (Å²) in [5.74, 6) is 0. The summed E-state index contributed by atoms with van der Waals surface area (Å²) in [6.07, 6.45) is 16.0. The second-order valence-electron chi connectivity index (χ2n) is 13.4. The van der Waals surface area contributed by atoms with E-state index in [1.165, 1.54) is 65.1 Å². The van der Waals surface area contributed by atoms with Crippen LogP contribution >= 0.6 is 0 Å². The first-order valence-electron chi connectivity index (χ1n) is 19.2. The molecule has 0 fully saturated rings. The van der Waals surface area contributed by atoms with Crippen LogP contribution in [-0.4, -0.2) is 9.55 Å². The molecule has 2 heteroatoms. The van der Waals surface area contributed by atoms with Gasteiger partial charge in [0.05, 0.1) is 17.6 Å². The molecule has 7 rings (SSSR count). The van der Waals surface area contributed by atoms with Crippen molar-refractivity contribution in [3.05, 3.63) is 191 Å². The van der Waals surface area contributed by atoms with E-state index in [0.29, 0.717) is 0 Å². The molecule has 0 saturated carbocycles. The smallest absolute Gasteiger partial charge is 0.0703 e. The highest BCUT2D eigenvalue weighted by atomic mass is 15.0. The molecule has 0 radical (unpaired) electrons. The molecule has 0 N–H and O–H groups in total. The van der Waals surface area contributed by atoms with Crippen LogP contribution in [0.4, 0.5) is 0 Å². The zero-order valence-electron chi connectivity index (χ0n) is 33.9. The molecular formula is C53H54N2. The van der Waals surface area contributed by atoms with Crippen molar-refractivity contribution in [2.24, 2.45) is 0 Å². The van der Waals surface area contributed by atoms with Gasteiger partial charge in [-0.2, -0.15) is 0 Å². The fourth-order valence-electron chi connectivity index (χ4n) is 7.42. The molecule has 0 atom stereocenters. The Morgan fingerprint density at radius 2 is 1.31 bits per heavy atom. The minimum Gasteiger partial charge on any atom is -0.308 e. The van der Waals surface area contributed by atoms with Gasteiger partial charge < -0.3 is 4.57 Å². The van der Waals surface area contributed by atoms with Crippen LogP contribution in [0.15, 0.2) is 153 Å². The van der Waals surface area contributed by atoms with E-state index in [1.54, 1.807) is 0 Å². The van der Waals surface area contributed by atoms with Crippen molar-refractivity contribution < 1.29 is 0 Å². The van der Waals surface area contributed by atoms with Gasteiger partial charge in [-0.1, -0.05) is 154 Å². The van der Waals surface area contributed by atoms with E-state index in [9.17, 15) is 0 Å². The van der Waals surface area contributed by atoms with Gasteiger partial charge in [0.2, 0.25) is 0 Å². The Morgan fingerprint density at radius 3 is 1.89 bits per heavy atom. The average Bonchev–Trinajstić information content (AvgIpc) is 3.51. The minimum atomic E-state index is 0.963. The molecule has 2 nitrogen and oxygen atoms in total. The lowest BCUT2D eigenvalue weighted by atomic mass is 9.92. The highest BCUT2D eigenvalue weighted by molar-refractivity contribution is 6.25. The molecule has 5 aromatic carbocycles. The Balaban J connectivity index is 0.000000306. The van der Waals surface area contributed by atoms with E-state index in [2.05, 4.69) is 169 Å². The van der Waals surface area contributed by atoms with Gasteiger partial charge in [0.25, 0.3) is 0 Å². The summed E-state index contributed by atoms with van der Waals surface area (Å²) in [5, 5.41) is 10.1. The third-order valence-electron chi connectivity index (χ3n) is 10.2. The van der Waals surface area contributed by atoms with Crippen LogP contribution in [0.25, 0.3) is 73.1 Å². The number of nitrogens with zero attached hydrogens (tertiary/aromatic N) is 2. The molecule has 0 spiro atoms. The van der Waals surface area contributed by atoms with Crippen molar-refractivity contribution in [2.45, 2.75) is 55.4 Å². The molecule has 0 aliphatic rings. The largest absolute Gasteiger partial charge is 0.308 e. The maximum Gasteiger partial charge on any atom is 0.0703 e. The van der Waals surface area contributed by atoms with Gasteiger partial charge in [-0.15, -0.1) is 0 Å². The third-order valence-corrected chi connectivity index (χ3v) is 10.2. The van der Waals surface area contributed by atoms with Crippen molar-refractivity contribution >= 4 is 56.1 Å². The van der Waals surface area contributed by atoms with Gasteiger partial charge in [0.15, 0.2) is 0 Å². The van der Waals surface area contributed by atoms with Crippen LogP contribution in [0.2, 0.25) is 0 Å². The number of hydrogen-bond donors (Lipinski definition) is 0. The number of hydrogen-bond acceptors (Lipinski definition) is 1. The van der Waals surface area contributed by atoms with E-state index < -0.39 is 0 Å². The highest BCUT2D eigenvalue weighted by Gasteiger charge is 2.13. The van der Waals surface area contributed by atoms with Crippen molar-refractivity contribution in [2.75, 3.05) is 0 Å². The van der Waals surface area contributed by atoms with E-state index in [0.717, 1.165) is 33.8 Å². The third kappa shape index (κ3) is 8.00. The fourth-order valence-corrected chi connectivity index (χ4v) is 7.42. The number of pyridine rings is 1. The lowest BCUT2D eigenvalue weighted by Crippen LogP contribution is -2.28. The van der Waals surface area contributed by atoms with Crippen LogP contribution in [0.1, 0.15) is 62.6 Å². The molecule has 2 aromatic heterocycles. The van der Waals surface area contributed by atoms with Gasteiger partial charge in [0, 0.05) is 16.6 Å². The number of fused-ring (bicyclic) bond motifs is 6. The monoisotopic (exact) mass is 718 g/mol. The topological polar surface area (TPSA) is 17.8 Å². The summed E-state index contributed by atoms with van der Waals surface area (Å²) in [4.78, 5) is 4.96. The van der Waals surface area contributed by atoms with E-state index in [4.69, 9.17) is 4.98 Å². The van der Waals surface area contributed by atoms with Gasteiger partial charge in [-0.3, -0.25) is 4.98 Å². The Bertz CT molecular complexity index is 2690. The Morgan fingerprint density at radius 1 is 0.673 bits per heavy atom. The summed E-state index contributed by atoms with van der Waals surface area (Å²) in [6, 6.07) is 34.9. The van der Waals surface area contributed by atoms with E-state index in [1.807, 2.05) is 56.5 Å².